The van der Waals surface area contributed by atoms with E-state index in [0.717, 1.165) is 0 Å². The second kappa shape index (κ2) is 8.50. The lowest BCUT2D eigenvalue weighted by molar-refractivity contribution is 0.0951. The highest BCUT2D eigenvalue weighted by Crippen LogP contribution is 2.22. The van der Waals surface area contributed by atoms with Gasteiger partial charge in [-0.15, -0.1) is 0 Å². The van der Waals surface area contributed by atoms with Crippen molar-refractivity contribution in [1.82, 2.24) is 15.6 Å². The van der Waals surface area contributed by atoms with E-state index in [0.29, 0.717) is 40.7 Å². The van der Waals surface area contributed by atoms with Crippen molar-refractivity contribution in [3.63, 3.8) is 0 Å². The van der Waals surface area contributed by atoms with Gasteiger partial charge in [-0.1, -0.05) is 23.2 Å². The lowest BCUT2D eigenvalue weighted by Crippen LogP contribution is -2.29. The number of carbonyl (C=O) groups is 2. The summed E-state index contributed by atoms with van der Waals surface area (Å²) in [5, 5.41) is 6.27. The smallest absolute Gasteiger partial charge is 0.251 e. The molecule has 0 unspecified atom stereocenters. The molecule has 2 aromatic rings. The molecule has 0 atom stereocenters. The highest BCUT2D eigenvalue weighted by Gasteiger charge is 2.08. The molecule has 1 aromatic heterocycles. The summed E-state index contributed by atoms with van der Waals surface area (Å²) in [4.78, 5) is 27.6. The third-order valence-electron chi connectivity index (χ3n) is 3.05. The topological polar surface area (TPSA) is 71.1 Å². The average molecular weight is 352 g/mol. The number of amides is 2. The van der Waals surface area contributed by atoms with Crippen molar-refractivity contribution in [2.24, 2.45) is 0 Å². The Bertz CT molecular complexity index is 693. The van der Waals surface area contributed by atoms with Crippen molar-refractivity contribution in [2.75, 3.05) is 13.1 Å². The predicted molar refractivity (Wildman–Crippen MR) is 90.0 cm³/mol. The Morgan fingerprint density at radius 2 is 1.48 bits per heavy atom. The van der Waals surface area contributed by atoms with Crippen LogP contribution < -0.4 is 10.6 Å². The Kier molecular flexibility index (Phi) is 6.38. The van der Waals surface area contributed by atoms with Crippen molar-refractivity contribution in [2.45, 2.75) is 6.42 Å². The molecule has 0 bridgehead atoms. The molecule has 7 heteroatoms. The number of hydrogen-bond acceptors (Lipinski definition) is 3. The van der Waals surface area contributed by atoms with Crippen LogP contribution in [-0.2, 0) is 0 Å². The van der Waals surface area contributed by atoms with Gasteiger partial charge in [-0.05, 0) is 36.8 Å². The summed E-state index contributed by atoms with van der Waals surface area (Å²) in [7, 11) is 0. The molecule has 0 aliphatic rings. The van der Waals surface area contributed by atoms with E-state index in [1.807, 2.05) is 0 Å². The van der Waals surface area contributed by atoms with Crippen LogP contribution in [0.25, 0.3) is 0 Å². The number of nitrogens with one attached hydrogen (secondary N) is 2. The summed E-state index contributed by atoms with van der Waals surface area (Å²) in [5.41, 5.74) is 1.00. The molecule has 0 saturated carbocycles. The van der Waals surface area contributed by atoms with Crippen LogP contribution in [0.1, 0.15) is 27.1 Å². The van der Waals surface area contributed by atoms with Gasteiger partial charge in [-0.2, -0.15) is 0 Å². The van der Waals surface area contributed by atoms with Crippen LogP contribution in [0.15, 0.2) is 42.7 Å². The van der Waals surface area contributed by atoms with Gasteiger partial charge in [0.25, 0.3) is 11.8 Å². The maximum Gasteiger partial charge on any atom is 0.251 e. The van der Waals surface area contributed by atoms with Crippen LogP contribution in [0.4, 0.5) is 0 Å². The third-order valence-corrected chi connectivity index (χ3v) is 3.79. The molecule has 1 heterocycles. The fraction of sp³-hybridized carbons (Fsp3) is 0.188. The molecule has 2 N–H and O–H groups in total. The first-order chi connectivity index (χ1) is 11.1. The SMILES string of the molecule is O=C(NCCCNC(=O)c1ccc(Cl)c(Cl)c1)c1ccncc1. The van der Waals surface area contributed by atoms with E-state index in [1.165, 1.54) is 6.07 Å². The number of halogens is 2. The maximum absolute atomic E-state index is 11.9. The molecule has 1 aromatic carbocycles. The van der Waals surface area contributed by atoms with E-state index in [2.05, 4.69) is 15.6 Å². The van der Waals surface area contributed by atoms with Crippen molar-refractivity contribution in [3.8, 4) is 0 Å². The molecular weight excluding hydrogens is 337 g/mol. The summed E-state index contributed by atoms with van der Waals surface area (Å²) >= 11 is 11.7. The standard InChI is InChI=1S/C16H15Cl2N3O2/c17-13-3-2-12(10-14(13)18)16(23)21-7-1-6-20-15(22)11-4-8-19-9-5-11/h2-5,8-10H,1,6-7H2,(H,20,22)(H,21,23). The summed E-state index contributed by atoms with van der Waals surface area (Å²) < 4.78 is 0. The first kappa shape index (κ1) is 17.2. The minimum absolute atomic E-state index is 0.164. The first-order valence-corrected chi connectivity index (χ1v) is 7.75. The second-order valence-corrected chi connectivity index (χ2v) is 5.54. The largest absolute Gasteiger partial charge is 0.352 e. The van der Waals surface area contributed by atoms with Crippen LogP contribution >= 0.6 is 23.2 Å². The fourth-order valence-corrected chi connectivity index (χ4v) is 2.14. The maximum atomic E-state index is 11.9. The van der Waals surface area contributed by atoms with Gasteiger partial charge in [0, 0.05) is 36.6 Å². The molecule has 120 valence electrons. The van der Waals surface area contributed by atoms with E-state index >= 15 is 0 Å². The van der Waals surface area contributed by atoms with Crippen LogP contribution in [0, 0.1) is 0 Å². The molecule has 0 spiro atoms. The number of carbonyl (C=O) groups excluding carboxylic acids is 2. The van der Waals surface area contributed by atoms with Crippen LogP contribution in [0.3, 0.4) is 0 Å². The zero-order chi connectivity index (χ0) is 16.7. The minimum atomic E-state index is -0.232. The van der Waals surface area contributed by atoms with Crippen LogP contribution in [-0.4, -0.2) is 29.9 Å². The van der Waals surface area contributed by atoms with E-state index in [9.17, 15) is 9.59 Å². The molecule has 0 saturated heterocycles. The summed E-state index contributed by atoms with van der Waals surface area (Å²) in [6, 6.07) is 7.98. The van der Waals surface area contributed by atoms with Gasteiger partial charge in [-0.25, -0.2) is 0 Å². The molecule has 0 fully saturated rings. The molecular formula is C16H15Cl2N3O2. The van der Waals surface area contributed by atoms with E-state index in [4.69, 9.17) is 23.2 Å². The zero-order valence-corrected chi connectivity index (χ0v) is 13.7. The Morgan fingerprint density at radius 3 is 2.09 bits per heavy atom. The average Bonchev–Trinajstić information content (AvgIpc) is 2.57. The highest BCUT2D eigenvalue weighted by molar-refractivity contribution is 6.42. The van der Waals surface area contributed by atoms with Crippen LogP contribution in [0.5, 0.6) is 0 Å². The number of benzene rings is 1. The highest BCUT2D eigenvalue weighted by atomic mass is 35.5. The summed E-state index contributed by atoms with van der Waals surface area (Å²) in [6.45, 7) is 0.901. The Morgan fingerprint density at radius 1 is 0.870 bits per heavy atom. The lowest BCUT2D eigenvalue weighted by Gasteiger charge is -2.07. The van der Waals surface area contributed by atoms with Gasteiger partial charge in [0.2, 0.25) is 0 Å². The quantitative estimate of drug-likeness (QED) is 0.786. The number of nitrogens with zero attached hydrogens (tertiary/aromatic N) is 1. The van der Waals surface area contributed by atoms with Gasteiger partial charge in [0.15, 0.2) is 0 Å². The second-order valence-electron chi connectivity index (χ2n) is 4.73. The molecule has 0 aliphatic carbocycles. The third kappa shape index (κ3) is 5.23. The monoisotopic (exact) mass is 351 g/mol. The van der Waals surface area contributed by atoms with Crippen LogP contribution in [0.2, 0.25) is 10.0 Å². The summed E-state index contributed by atoms with van der Waals surface area (Å²) in [5.74, 6) is -0.396. The van der Waals surface area contributed by atoms with Gasteiger partial charge < -0.3 is 10.6 Å². The van der Waals surface area contributed by atoms with E-state index < -0.39 is 0 Å². The van der Waals surface area contributed by atoms with Gasteiger partial charge in [0.05, 0.1) is 10.0 Å². The van der Waals surface area contributed by atoms with Gasteiger partial charge >= 0.3 is 0 Å². The molecule has 2 amide bonds. The van der Waals surface area contributed by atoms with Crippen molar-refractivity contribution in [3.05, 3.63) is 63.9 Å². The number of hydrogen-bond donors (Lipinski definition) is 2. The number of rotatable bonds is 6. The van der Waals surface area contributed by atoms with Gasteiger partial charge in [0.1, 0.15) is 0 Å². The van der Waals surface area contributed by atoms with Crippen molar-refractivity contribution in [1.29, 1.82) is 0 Å². The van der Waals surface area contributed by atoms with Crippen molar-refractivity contribution >= 4 is 35.0 Å². The predicted octanol–water partition coefficient (Wildman–Crippen LogP) is 2.94. The summed E-state index contributed by atoms with van der Waals surface area (Å²) in [6.07, 6.45) is 3.74. The van der Waals surface area contributed by atoms with Gasteiger partial charge in [-0.3, -0.25) is 14.6 Å². The normalized spacial score (nSPS) is 10.2. The zero-order valence-electron chi connectivity index (χ0n) is 12.2. The molecule has 0 aliphatic heterocycles. The minimum Gasteiger partial charge on any atom is -0.352 e. The van der Waals surface area contributed by atoms with E-state index in [1.54, 1.807) is 36.7 Å². The fourth-order valence-electron chi connectivity index (χ4n) is 1.84. The molecule has 5 nitrogen and oxygen atoms in total. The van der Waals surface area contributed by atoms with Crippen molar-refractivity contribution < 1.29 is 9.59 Å². The molecule has 2 rings (SSSR count). The first-order valence-electron chi connectivity index (χ1n) is 6.99. The number of pyridine rings is 1. The lowest BCUT2D eigenvalue weighted by atomic mass is 10.2. The molecule has 23 heavy (non-hydrogen) atoms. The molecule has 0 radical (unpaired) electrons. The van der Waals surface area contributed by atoms with E-state index in [-0.39, 0.29) is 11.8 Å². The Balaban J connectivity index is 1.70. The number of aromatic nitrogens is 1. The Hall–Kier alpha value is -2.11. The Labute approximate surface area is 144 Å².